The molecule has 1 saturated heterocycles. The molecule has 2 rings (SSSR count). The zero-order chi connectivity index (χ0) is 8.55. The molecule has 5 nitrogen and oxygen atoms in total. The maximum Gasteiger partial charge on any atom is 0.250 e. The number of primary amides is 1. The van der Waals surface area contributed by atoms with E-state index in [0.29, 0.717) is 5.57 Å². The average molecular weight is 166 g/mol. The smallest absolute Gasteiger partial charge is 0.250 e. The molecule has 5 heteroatoms. The molecule has 0 aromatic rings. The highest BCUT2D eigenvalue weighted by molar-refractivity contribution is 5.95. The van der Waals surface area contributed by atoms with E-state index in [0.717, 1.165) is 18.9 Å². The maximum atomic E-state index is 10.8. The summed E-state index contributed by atoms with van der Waals surface area (Å²) in [5.41, 5.74) is 8.56. The molecule has 0 aliphatic carbocycles. The highest BCUT2D eigenvalue weighted by Gasteiger charge is 2.19. The van der Waals surface area contributed by atoms with E-state index in [9.17, 15) is 4.79 Å². The van der Waals surface area contributed by atoms with E-state index in [1.807, 2.05) is 5.01 Å². The van der Waals surface area contributed by atoms with E-state index >= 15 is 0 Å². The lowest BCUT2D eigenvalue weighted by atomic mass is 10.2. The summed E-state index contributed by atoms with van der Waals surface area (Å²) in [6.45, 7) is 1.78. The van der Waals surface area contributed by atoms with Crippen molar-refractivity contribution in [2.75, 3.05) is 13.1 Å². The number of carbonyl (C=O) groups is 1. The summed E-state index contributed by atoms with van der Waals surface area (Å²) in [5.74, 6) is 0.495. The number of hydrogen-bond donors (Lipinski definition) is 3. The minimum atomic E-state index is -0.414. The molecule has 0 aromatic carbocycles. The molecule has 0 spiro atoms. The molecule has 0 bridgehead atoms. The van der Waals surface area contributed by atoms with Crippen LogP contribution in [0.1, 0.15) is 0 Å². The number of hydrogen-bond acceptors (Lipinski definition) is 4. The fourth-order valence-corrected chi connectivity index (χ4v) is 1.25. The van der Waals surface area contributed by atoms with Crippen LogP contribution in [0.25, 0.3) is 0 Å². The molecule has 1 fully saturated rings. The molecule has 4 N–H and O–H groups in total. The molecule has 64 valence electrons. The fourth-order valence-electron chi connectivity index (χ4n) is 1.25. The van der Waals surface area contributed by atoms with Gasteiger partial charge in [-0.15, -0.1) is 0 Å². The topological polar surface area (TPSA) is 70.4 Å². The van der Waals surface area contributed by atoms with Gasteiger partial charge in [0.15, 0.2) is 0 Å². The Morgan fingerprint density at radius 3 is 3.25 bits per heavy atom. The van der Waals surface area contributed by atoms with Crippen molar-refractivity contribution in [1.29, 1.82) is 0 Å². The molecule has 0 saturated carbocycles. The van der Waals surface area contributed by atoms with Gasteiger partial charge >= 0.3 is 0 Å². The van der Waals surface area contributed by atoms with E-state index in [4.69, 9.17) is 5.73 Å². The van der Waals surface area contributed by atoms with Crippen LogP contribution in [0.5, 0.6) is 0 Å². The summed E-state index contributed by atoms with van der Waals surface area (Å²) in [5, 5.41) is 5.04. The summed E-state index contributed by atoms with van der Waals surface area (Å²) in [7, 11) is 0. The van der Waals surface area contributed by atoms with E-state index < -0.39 is 5.91 Å². The Morgan fingerprint density at radius 1 is 1.67 bits per heavy atom. The minimum absolute atomic E-state index is 0.414. The third kappa shape index (κ3) is 0.990. The number of nitrogens with one attached hydrogen (secondary N) is 2. The molecule has 0 atom stereocenters. The molecule has 12 heavy (non-hydrogen) atoms. The van der Waals surface area contributed by atoms with Gasteiger partial charge in [-0.2, -0.15) is 0 Å². The number of amides is 1. The molecular weight excluding hydrogens is 156 g/mol. The van der Waals surface area contributed by atoms with Crippen LogP contribution in [-0.4, -0.2) is 24.0 Å². The predicted molar refractivity (Wildman–Crippen MR) is 43.2 cm³/mol. The first-order valence-corrected chi connectivity index (χ1v) is 3.76. The van der Waals surface area contributed by atoms with Gasteiger partial charge in [0.25, 0.3) is 0 Å². The van der Waals surface area contributed by atoms with Gasteiger partial charge in [0, 0.05) is 12.7 Å². The van der Waals surface area contributed by atoms with Crippen LogP contribution >= 0.6 is 0 Å². The molecule has 2 aliphatic rings. The quantitative estimate of drug-likeness (QED) is 0.449. The summed E-state index contributed by atoms with van der Waals surface area (Å²) >= 11 is 0. The van der Waals surface area contributed by atoms with Crippen LogP contribution in [0.15, 0.2) is 23.7 Å². The van der Waals surface area contributed by atoms with Crippen LogP contribution in [0, 0.1) is 0 Å². The van der Waals surface area contributed by atoms with Crippen LogP contribution < -0.4 is 16.5 Å². The second kappa shape index (κ2) is 2.44. The van der Waals surface area contributed by atoms with E-state index in [-0.39, 0.29) is 0 Å². The van der Waals surface area contributed by atoms with Crippen molar-refractivity contribution >= 4 is 5.91 Å². The number of nitrogens with zero attached hydrogens (tertiary/aromatic N) is 1. The first-order valence-electron chi connectivity index (χ1n) is 3.76. The Kier molecular flexibility index (Phi) is 1.43. The van der Waals surface area contributed by atoms with Crippen molar-refractivity contribution in [3.05, 3.63) is 23.7 Å². The Labute approximate surface area is 69.9 Å². The molecule has 2 heterocycles. The van der Waals surface area contributed by atoms with Gasteiger partial charge in [-0.25, -0.2) is 0 Å². The summed E-state index contributed by atoms with van der Waals surface area (Å²) < 4.78 is 0. The van der Waals surface area contributed by atoms with E-state index in [2.05, 4.69) is 10.7 Å². The normalized spacial score (nSPS) is 20.2. The number of nitrogens with two attached hydrogens (primary N) is 1. The SMILES string of the molecule is NC(=O)C1=CNN2CCNC2=C1. The summed E-state index contributed by atoms with van der Waals surface area (Å²) in [6, 6.07) is 0. The first-order chi connectivity index (χ1) is 5.77. The zero-order valence-corrected chi connectivity index (χ0v) is 6.50. The standard InChI is InChI=1S/C7H10N4O/c8-7(12)5-3-6-9-1-2-11(6)10-4-5/h3-4,9-10H,1-2H2,(H2,8,12). The van der Waals surface area contributed by atoms with Crippen molar-refractivity contribution in [1.82, 2.24) is 15.8 Å². The number of hydrazine groups is 1. The molecule has 0 unspecified atom stereocenters. The number of fused-ring (bicyclic) bond motifs is 1. The zero-order valence-electron chi connectivity index (χ0n) is 6.50. The molecule has 0 aromatic heterocycles. The second-order valence-electron chi connectivity index (χ2n) is 2.70. The van der Waals surface area contributed by atoms with E-state index in [1.54, 1.807) is 12.3 Å². The number of carbonyl (C=O) groups excluding carboxylic acids is 1. The van der Waals surface area contributed by atoms with Gasteiger partial charge in [0.05, 0.1) is 12.1 Å². The van der Waals surface area contributed by atoms with Crippen LogP contribution in [-0.2, 0) is 4.79 Å². The Hall–Kier alpha value is -1.65. The van der Waals surface area contributed by atoms with Gasteiger partial charge in [0.2, 0.25) is 5.91 Å². The lowest BCUT2D eigenvalue weighted by molar-refractivity contribution is -0.114. The largest absolute Gasteiger partial charge is 0.369 e. The van der Waals surface area contributed by atoms with Crippen LogP contribution in [0.3, 0.4) is 0 Å². The molecule has 2 aliphatic heterocycles. The molecule has 1 amide bonds. The Balaban J connectivity index is 2.22. The Morgan fingerprint density at radius 2 is 2.50 bits per heavy atom. The minimum Gasteiger partial charge on any atom is -0.369 e. The lowest BCUT2D eigenvalue weighted by Crippen LogP contribution is -2.35. The maximum absolute atomic E-state index is 10.8. The summed E-state index contributed by atoms with van der Waals surface area (Å²) in [6.07, 6.45) is 3.35. The fraction of sp³-hybridized carbons (Fsp3) is 0.286. The van der Waals surface area contributed by atoms with Crippen molar-refractivity contribution < 1.29 is 4.79 Å². The highest BCUT2D eigenvalue weighted by Crippen LogP contribution is 2.11. The molecular formula is C7H10N4O. The lowest BCUT2D eigenvalue weighted by Gasteiger charge is -2.22. The second-order valence-corrected chi connectivity index (χ2v) is 2.70. The van der Waals surface area contributed by atoms with Gasteiger partial charge in [-0.3, -0.25) is 9.80 Å². The number of rotatable bonds is 1. The van der Waals surface area contributed by atoms with Gasteiger partial charge < -0.3 is 16.5 Å². The third-order valence-corrected chi connectivity index (χ3v) is 1.88. The van der Waals surface area contributed by atoms with E-state index in [1.165, 1.54) is 0 Å². The monoisotopic (exact) mass is 166 g/mol. The van der Waals surface area contributed by atoms with Crippen LogP contribution in [0.2, 0.25) is 0 Å². The average Bonchev–Trinajstić information content (AvgIpc) is 2.49. The Bertz CT molecular complexity index is 281. The van der Waals surface area contributed by atoms with Crippen molar-refractivity contribution in [2.45, 2.75) is 0 Å². The van der Waals surface area contributed by atoms with Crippen LogP contribution in [0.4, 0.5) is 0 Å². The van der Waals surface area contributed by atoms with Gasteiger partial charge in [-0.1, -0.05) is 0 Å². The molecule has 0 radical (unpaired) electrons. The summed E-state index contributed by atoms with van der Waals surface area (Å²) in [4.78, 5) is 10.8. The predicted octanol–water partition coefficient (Wildman–Crippen LogP) is -1.38. The van der Waals surface area contributed by atoms with Gasteiger partial charge in [0.1, 0.15) is 5.82 Å². The van der Waals surface area contributed by atoms with Crippen molar-refractivity contribution in [3.8, 4) is 0 Å². The third-order valence-electron chi connectivity index (χ3n) is 1.88. The van der Waals surface area contributed by atoms with Crippen molar-refractivity contribution in [3.63, 3.8) is 0 Å². The van der Waals surface area contributed by atoms with Gasteiger partial charge in [-0.05, 0) is 6.08 Å². The highest BCUT2D eigenvalue weighted by atomic mass is 16.1. The van der Waals surface area contributed by atoms with Crippen molar-refractivity contribution in [2.24, 2.45) is 5.73 Å². The first kappa shape index (κ1) is 7.02.